The second-order valence-electron chi connectivity index (χ2n) is 3.11. The molecule has 0 aliphatic rings. The number of halogens is 1. The first-order valence-corrected chi connectivity index (χ1v) is 5.01. The Labute approximate surface area is 90.5 Å². The van der Waals surface area contributed by atoms with E-state index in [0.717, 1.165) is 23.6 Å². The van der Waals surface area contributed by atoms with Crippen molar-refractivity contribution >= 4 is 11.6 Å². The van der Waals surface area contributed by atoms with Gasteiger partial charge in [-0.15, -0.1) is 0 Å². The molecule has 1 rings (SSSR count). The molecule has 0 amide bonds. The predicted molar refractivity (Wildman–Crippen MR) is 61.6 cm³/mol. The number of benzene rings is 1. The van der Waals surface area contributed by atoms with Gasteiger partial charge in [0.2, 0.25) is 0 Å². The number of aryl methyl sites for hydroxylation is 1. The normalized spacial score (nSPS) is 9.36. The third-order valence-corrected chi connectivity index (χ3v) is 2.16. The molecule has 0 fully saturated rings. The molecule has 1 aromatic rings. The largest absolute Gasteiger partial charge is 0.319 e. The molecule has 0 heterocycles. The predicted octanol–water partition coefficient (Wildman–Crippen LogP) is 2.61. The lowest BCUT2D eigenvalue weighted by molar-refractivity contribution is 0.818. The van der Waals surface area contributed by atoms with Crippen molar-refractivity contribution in [1.82, 2.24) is 5.32 Å². The van der Waals surface area contributed by atoms with Crippen LogP contribution in [0.3, 0.4) is 0 Å². The molecule has 1 N–H and O–H groups in total. The monoisotopic (exact) mass is 207 g/mol. The highest BCUT2D eigenvalue weighted by molar-refractivity contribution is 6.30. The minimum atomic E-state index is 0.744. The fourth-order valence-corrected chi connectivity index (χ4v) is 1.25. The SMILES string of the molecule is CNCCC#Cc1cc(Cl)ccc1C. The van der Waals surface area contributed by atoms with Crippen molar-refractivity contribution < 1.29 is 0 Å². The third kappa shape index (κ3) is 3.41. The fourth-order valence-electron chi connectivity index (χ4n) is 1.07. The Balaban J connectivity index is 2.73. The Morgan fingerprint density at radius 1 is 1.43 bits per heavy atom. The summed E-state index contributed by atoms with van der Waals surface area (Å²) in [4.78, 5) is 0. The first kappa shape index (κ1) is 11.1. The van der Waals surface area contributed by atoms with Gasteiger partial charge in [0.15, 0.2) is 0 Å². The van der Waals surface area contributed by atoms with Gasteiger partial charge in [0, 0.05) is 23.6 Å². The summed E-state index contributed by atoms with van der Waals surface area (Å²) in [5, 5.41) is 3.80. The molecule has 0 aromatic heterocycles. The average Bonchev–Trinajstić information content (AvgIpc) is 2.18. The highest BCUT2D eigenvalue weighted by Gasteiger charge is 1.94. The highest BCUT2D eigenvalue weighted by atomic mass is 35.5. The molecule has 0 atom stereocenters. The van der Waals surface area contributed by atoms with E-state index in [1.165, 1.54) is 5.56 Å². The summed E-state index contributed by atoms with van der Waals surface area (Å²) in [5.74, 6) is 6.21. The molecule has 14 heavy (non-hydrogen) atoms. The molecule has 0 unspecified atom stereocenters. The molecule has 0 bridgehead atoms. The summed E-state index contributed by atoms with van der Waals surface area (Å²) in [6, 6.07) is 5.78. The van der Waals surface area contributed by atoms with E-state index in [9.17, 15) is 0 Å². The Morgan fingerprint density at radius 3 is 2.93 bits per heavy atom. The summed E-state index contributed by atoms with van der Waals surface area (Å²) in [7, 11) is 1.92. The lowest BCUT2D eigenvalue weighted by atomic mass is 10.1. The van der Waals surface area contributed by atoms with Crippen LogP contribution in [-0.4, -0.2) is 13.6 Å². The van der Waals surface area contributed by atoms with Gasteiger partial charge < -0.3 is 5.32 Å². The lowest BCUT2D eigenvalue weighted by Gasteiger charge is -1.97. The topological polar surface area (TPSA) is 12.0 Å². The Hall–Kier alpha value is -0.970. The minimum Gasteiger partial charge on any atom is -0.319 e. The van der Waals surface area contributed by atoms with Gasteiger partial charge in [-0.05, 0) is 31.7 Å². The van der Waals surface area contributed by atoms with Crippen LogP contribution in [0.15, 0.2) is 18.2 Å². The Morgan fingerprint density at radius 2 is 2.21 bits per heavy atom. The van der Waals surface area contributed by atoms with Crippen LogP contribution in [0.2, 0.25) is 5.02 Å². The summed E-state index contributed by atoms with van der Waals surface area (Å²) < 4.78 is 0. The zero-order chi connectivity index (χ0) is 10.4. The van der Waals surface area contributed by atoms with Crippen LogP contribution in [0.5, 0.6) is 0 Å². The van der Waals surface area contributed by atoms with E-state index >= 15 is 0 Å². The maximum absolute atomic E-state index is 5.88. The Bertz CT molecular complexity index is 360. The van der Waals surface area contributed by atoms with E-state index in [2.05, 4.69) is 17.2 Å². The lowest BCUT2D eigenvalue weighted by Crippen LogP contribution is -2.05. The first-order chi connectivity index (χ1) is 6.74. The van der Waals surface area contributed by atoms with Crippen LogP contribution in [0, 0.1) is 18.8 Å². The zero-order valence-electron chi connectivity index (χ0n) is 8.52. The van der Waals surface area contributed by atoms with Gasteiger partial charge in [-0.1, -0.05) is 29.5 Å². The van der Waals surface area contributed by atoms with Crippen LogP contribution < -0.4 is 5.32 Å². The second-order valence-corrected chi connectivity index (χ2v) is 3.55. The van der Waals surface area contributed by atoms with Crippen LogP contribution in [-0.2, 0) is 0 Å². The summed E-state index contributed by atoms with van der Waals surface area (Å²) in [5.41, 5.74) is 2.19. The number of nitrogens with one attached hydrogen (secondary N) is 1. The van der Waals surface area contributed by atoms with E-state index in [1.807, 2.05) is 32.2 Å². The molecule has 0 spiro atoms. The molecule has 0 radical (unpaired) electrons. The zero-order valence-corrected chi connectivity index (χ0v) is 9.28. The van der Waals surface area contributed by atoms with E-state index in [-0.39, 0.29) is 0 Å². The van der Waals surface area contributed by atoms with Crippen LogP contribution in [0.1, 0.15) is 17.5 Å². The number of rotatable bonds is 2. The first-order valence-electron chi connectivity index (χ1n) is 4.63. The molecule has 0 saturated heterocycles. The molecule has 0 saturated carbocycles. The van der Waals surface area contributed by atoms with E-state index in [1.54, 1.807) is 0 Å². The van der Waals surface area contributed by atoms with Crippen molar-refractivity contribution in [3.8, 4) is 11.8 Å². The van der Waals surface area contributed by atoms with Gasteiger partial charge >= 0.3 is 0 Å². The van der Waals surface area contributed by atoms with Crippen molar-refractivity contribution in [2.75, 3.05) is 13.6 Å². The molecule has 74 valence electrons. The van der Waals surface area contributed by atoms with E-state index in [0.29, 0.717) is 0 Å². The molecule has 1 aromatic carbocycles. The fraction of sp³-hybridized carbons (Fsp3) is 0.333. The second kappa shape index (κ2) is 5.70. The van der Waals surface area contributed by atoms with Crippen molar-refractivity contribution in [3.05, 3.63) is 34.3 Å². The van der Waals surface area contributed by atoms with Crippen LogP contribution in [0.4, 0.5) is 0 Å². The summed E-state index contributed by atoms with van der Waals surface area (Å²) in [6.07, 6.45) is 0.864. The van der Waals surface area contributed by atoms with Gasteiger partial charge in [-0.3, -0.25) is 0 Å². The molecule has 1 nitrogen and oxygen atoms in total. The highest BCUT2D eigenvalue weighted by Crippen LogP contribution is 2.14. The molecule has 0 aliphatic carbocycles. The third-order valence-electron chi connectivity index (χ3n) is 1.92. The van der Waals surface area contributed by atoms with Crippen molar-refractivity contribution in [3.63, 3.8) is 0 Å². The average molecular weight is 208 g/mol. The smallest absolute Gasteiger partial charge is 0.0418 e. The van der Waals surface area contributed by atoms with Crippen molar-refractivity contribution in [1.29, 1.82) is 0 Å². The van der Waals surface area contributed by atoms with E-state index in [4.69, 9.17) is 11.6 Å². The number of hydrogen-bond acceptors (Lipinski definition) is 1. The molecular weight excluding hydrogens is 194 g/mol. The van der Waals surface area contributed by atoms with Gasteiger partial charge in [-0.2, -0.15) is 0 Å². The van der Waals surface area contributed by atoms with Gasteiger partial charge in [0.1, 0.15) is 0 Å². The summed E-state index contributed by atoms with van der Waals surface area (Å²) >= 11 is 5.88. The van der Waals surface area contributed by atoms with Gasteiger partial charge in [0.25, 0.3) is 0 Å². The van der Waals surface area contributed by atoms with Crippen molar-refractivity contribution in [2.24, 2.45) is 0 Å². The van der Waals surface area contributed by atoms with Gasteiger partial charge in [0.05, 0.1) is 0 Å². The van der Waals surface area contributed by atoms with Crippen LogP contribution >= 0.6 is 11.6 Å². The minimum absolute atomic E-state index is 0.744. The summed E-state index contributed by atoms with van der Waals surface area (Å²) in [6.45, 7) is 2.96. The maximum Gasteiger partial charge on any atom is 0.0418 e. The quantitative estimate of drug-likeness (QED) is 0.581. The molecular formula is C12H14ClN. The Kier molecular flexibility index (Phi) is 4.52. The van der Waals surface area contributed by atoms with Crippen LogP contribution in [0.25, 0.3) is 0 Å². The molecule has 2 heteroatoms. The van der Waals surface area contributed by atoms with Crippen molar-refractivity contribution in [2.45, 2.75) is 13.3 Å². The standard InChI is InChI=1S/C12H14ClN/c1-10-6-7-12(13)9-11(10)5-3-4-8-14-2/h6-7,9,14H,4,8H2,1-2H3. The van der Waals surface area contributed by atoms with E-state index < -0.39 is 0 Å². The number of hydrogen-bond donors (Lipinski definition) is 1. The molecule has 0 aliphatic heterocycles. The maximum atomic E-state index is 5.88. The van der Waals surface area contributed by atoms with Gasteiger partial charge in [-0.25, -0.2) is 0 Å².